The van der Waals surface area contributed by atoms with Crippen molar-refractivity contribution in [2.75, 3.05) is 0 Å². The first-order chi connectivity index (χ1) is 25.7. The predicted octanol–water partition coefficient (Wildman–Crippen LogP) is 12.1. The van der Waals surface area contributed by atoms with Crippen molar-refractivity contribution in [3.63, 3.8) is 0 Å². The molecule has 52 heavy (non-hydrogen) atoms. The van der Waals surface area contributed by atoms with E-state index in [0.717, 1.165) is 94.9 Å². The molecule has 2 aliphatic heterocycles. The summed E-state index contributed by atoms with van der Waals surface area (Å²) in [6, 6.07) is 47.7. The number of hydrogen-bond donors (Lipinski definition) is 2. The maximum Gasteiger partial charge on any atom is 0.0737 e. The fourth-order valence-electron chi connectivity index (χ4n) is 7.22. The normalized spacial score (nSPS) is 11.8. The fraction of sp³-hybridized carbons (Fsp3) is 0.0222. The highest BCUT2D eigenvalue weighted by Crippen LogP contribution is 2.39. The van der Waals surface area contributed by atoms with Crippen LogP contribution in [0, 0.1) is 0 Å². The Bertz CT molecular complexity index is 2740. The third-order valence-electron chi connectivity index (χ3n) is 9.50. The summed E-state index contributed by atoms with van der Waals surface area (Å²) < 4.78 is 0. The molecule has 8 bridgehead atoms. The van der Waals surface area contributed by atoms with Gasteiger partial charge in [-0.25, -0.2) is 9.97 Å². The summed E-state index contributed by atoms with van der Waals surface area (Å²) in [5.41, 5.74) is 25.2. The molecule has 2 aliphatic rings. The van der Waals surface area contributed by atoms with E-state index in [2.05, 4.69) is 135 Å². The van der Waals surface area contributed by atoms with Crippen molar-refractivity contribution < 1.29 is 0 Å². The second-order valence-corrected chi connectivity index (χ2v) is 12.7. The first-order valence-corrected chi connectivity index (χ1v) is 17.2. The van der Waals surface area contributed by atoms with Crippen molar-refractivity contribution in [1.82, 2.24) is 19.9 Å². The van der Waals surface area contributed by atoms with Crippen LogP contribution in [0.15, 0.2) is 145 Å². The summed E-state index contributed by atoms with van der Waals surface area (Å²) in [6.45, 7) is 0.159. The van der Waals surface area contributed by atoms with Crippen molar-refractivity contribution >= 4 is 46.4 Å². The Balaban J connectivity index is 1.52. The molecule has 2 N–H and O–H groups in total. The van der Waals surface area contributed by atoms with E-state index in [-0.39, 0.29) is 6.54 Å². The van der Waals surface area contributed by atoms with Crippen molar-refractivity contribution in [2.45, 2.75) is 6.54 Å². The predicted molar refractivity (Wildman–Crippen MR) is 213 cm³/mol. The van der Waals surface area contributed by atoms with E-state index in [4.69, 9.17) is 9.97 Å². The number of aromatic nitrogens is 4. The molecule has 246 valence electrons. The number of nitrogens with one attached hydrogen (secondary N) is 2. The van der Waals surface area contributed by atoms with Gasteiger partial charge in [0.15, 0.2) is 0 Å². The average molecular weight is 670 g/mol. The minimum absolute atomic E-state index is 0.159. The third-order valence-corrected chi connectivity index (χ3v) is 9.50. The maximum atomic E-state index is 9.46. The van der Waals surface area contributed by atoms with Gasteiger partial charge >= 0.3 is 0 Å². The zero-order chi connectivity index (χ0) is 34.9. The first-order valence-electron chi connectivity index (χ1n) is 17.2. The molecule has 9 rings (SSSR count). The fourth-order valence-corrected chi connectivity index (χ4v) is 7.22. The minimum Gasteiger partial charge on any atom is -0.354 e. The third kappa shape index (κ3) is 5.57. The van der Waals surface area contributed by atoms with E-state index in [1.54, 1.807) is 0 Å². The highest BCUT2D eigenvalue weighted by atomic mass is 15.1. The van der Waals surface area contributed by atoms with E-state index >= 15 is 0 Å². The topological polar surface area (TPSA) is 106 Å². The smallest absolute Gasteiger partial charge is 0.0737 e. The van der Waals surface area contributed by atoms with Gasteiger partial charge < -0.3 is 9.97 Å². The lowest BCUT2D eigenvalue weighted by Gasteiger charge is -2.07. The number of benzene rings is 4. The van der Waals surface area contributed by atoms with Gasteiger partial charge in [0.2, 0.25) is 0 Å². The van der Waals surface area contributed by atoms with E-state index in [0.29, 0.717) is 0 Å². The van der Waals surface area contributed by atoms with Gasteiger partial charge in [-0.3, -0.25) is 0 Å². The van der Waals surface area contributed by atoms with Crippen molar-refractivity contribution in [2.24, 2.45) is 5.11 Å². The molecule has 0 amide bonds. The van der Waals surface area contributed by atoms with Crippen LogP contribution >= 0.6 is 0 Å². The van der Waals surface area contributed by atoms with Gasteiger partial charge in [0.1, 0.15) is 0 Å². The van der Waals surface area contributed by atoms with Crippen LogP contribution in [-0.4, -0.2) is 19.9 Å². The van der Waals surface area contributed by atoms with Gasteiger partial charge in [-0.1, -0.05) is 126 Å². The quantitative estimate of drug-likeness (QED) is 0.104. The van der Waals surface area contributed by atoms with Crippen molar-refractivity contribution in [3.8, 4) is 44.5 Å². The molecule has 0 saturated heterocycles. The van der Waals surface area contributed by atoms with Crippen LogP contribution in [0.5, 0.6) is 0 Å². The summed E-state index contributed by atoms with van der Waals surface area (Å²) in [4.78, 5) is 21.5. The summed E-state index contributed by atoms with van der Waals surface area (Å²) >= 11 is 0. The summed E-state index contributed by atoms with van der Waals surface area (Å²) in [6.07, 6.45) is 8.35. The van der Waals surface area contributed by atoms with E-state index in [9.17, 15) is 5.53 Å². The Morgan fingerprint density at radius 1 is 0.462 bits per heavy atom. The number of fused-ring (bicyclic) bond motifs is 8. The highest BCUT2D eigenvalue weighted by Gasteiger charge is 2.20. The SMILES string of the molecule is [N-]=[N+]=NCc1cc2[nH]c1c(-c1ccccc1)c1nc(c(-c3ccccc3)c3ccc([nH]3)c(-c3ccccc3)c3nc(c2-c2ccccc2)C=C3)C=C1. The number of rotatable bonds is 6. The molecular weight excluding hydrogens is 639 g/mol. The van der Waals surface area contributed by atoms with Gasteiger partial charge in [-0.2, -0.15) is 0 Å². The van der Waals surface area contributed by atoms with Crippen molar-refractivity contribution in [3.05, 3.63) is 178 Å². The highest BCUT2D eigenvalue weighted by molar-refractivity contribution is 6.00. The minimum atomic E-state index is 0.159. The molecule has 0 fully saturated rings. The Hall–Kier alpha value is -7.21. The van der Waals surface area contributed by atoms with Gasteiger partial charge in [-0.05, 0) is 75.9 Å². The standard InChI is InChI=1S/C45H31N7/c46-52-47-28-33-27-40-43(31-17-9-3-10-18-31)38-24-23-36(49-38)41(29-13-5-1-6-14-29)34-21-22-35(48-34)42(30-15-7-2-8-16-30)37-25-26-39(50-37)44(45(33)51-40)32-19-11-4-12-20-32/h1-27,48,51H,28H2. The maximum absolute atomic E-state index is 9.46. The molecule has 4 aromatic carbocycles. The number of aromatic amines is 2. The summed E-state index contributed by atoms with van der Waals surface area (Å²) in [7, 11) is 0. The summed E-state index contributed by atoms with van der Waals surface area (Å²) in [5.74, 6) is 0. The average Bonchev–Trinajstić information content (AvgIpc) is 4.03. The Morgan fingerprint density at radius 2 is 0.846 bits per heavy atom. The molecule has 0 spiro atoms. The van der Waals surface area contributed by atoms with Crippen LogP contribution in [0.3, 0.4) is 0 Å². The number of azide groups is 1. The lowest BCUT2D eigenvalue weighted by atomic mass is 10.0. The van der Waals surface area contributed by atoms with Crippen LogP contribution in [0.4, 0.5) is 0 Å². The summed E-state index contributed by atoms with van der Waals surface area (Å²) in [5, 5.41) is 4.04. The molecule has 0 aliphatic carbocycles. The van der Waals surface area contributed by atoms with Crippen molar-refractivity contribution in [1.29, 1.82) is 0 Å². The van der Waals surface area contributed by atoms with Gasteiger partial charge in [-0.15, -0.1) is 0 Å². The molecule has 0 unspecified atom stereocenters. The van der Waals surface area contributed by atoms with Gasteiger partial charge in [0, 0.05) is 43.7 Å². The first kappa shape index (κ1) is 30.8. The van der Waals surface area contributed by atoms with Crippen LogP contribution in [-0.2, 0) is 6.54 Å². The molecule has 7 aromatic rings. The molecule has 5 heterocycles. The van der Waals surface area contributed by atoms with E-state index < -0.39 is 0 Å². The Morgan fingerprint density at radius 3 is 1.27 bits per heavy atom. The number of hydrogen-bond acceptors (Lipinski definition) is 3. The zero-order valence-electron chi connectivity index (χ0n) is 28.0. The van der Waals surface area contributed by atoms with E-state index in [1.807, 2.05) is 48.5 Å². The molecule has 7 heteroatoms. The molecule has 0 atom stereocenters. The zero-order valence-corrected chi connectivity index (χ0v) is 28.0. The van der Waals surface area contributed by atoms with Gasteiger partial charge in [0.25, 0.3) is 0 Å². The second kappa shape index (κ2) is 13.2. The largest absolute Gasteiger partial charge is 0.354 e. The Kier molecular flexibility index (Phi) is 7.85. The van der Waals surface area contributed by atoms with Crippen LogP contribution in [0.25, 0.3) is 101 Å². The van der Waals surface area contributed by atoms with Gasteiger partial charge in [0.05, 0.1) is 34.8 Å². The second-order valence-electron chi connectivity index (χ2n) is 12.7. The Labute approximate surface area is 300 Å². The molecule has 3 aromatic heterocycles. The molecule has 7 nitrogen and oxygen atoms in total. The number of nitrogens with zero attached hydrogens (tertiary/aromatic N) is 5. The number of H-pyrrole nitrogens is 2. The van der Waals surface area contributed by atoms with Crippen LogP contribution < -0.4 is 0 Å². The molecule has 0 saturated carbocycles. The molecular formula is C45H31N7. The van der Waals surface area contributed by atoms with Crippen LogP contribution in [0.2, 0.25) is 0 Å². The lowest BCUT2D eigenvalue weighted by Crippen LogP contribution is -1.90. The van der Waals surface area contributed by atoms with E-state index in [1.165, 1.54) is 0 Å². The lowest BCUT2D eigenvalue weighted by molar-refractivity contribution is 1.06. The molecule has 0 radical (unpaired) electrons. The van der Waals surface area contributed by atoms with Crippen LogP contribution in [0.1, 0.15) is 28.3 Å². The monoisotopic (exact) mass is 669 g/mol.